The predicted octanol–water partition coefficient (Wildman–Crippen LogP) is 4.62. The number of nitrogens with one attached hydrogen (secondary N) is 3. The third kappa shape index (κ3) is 5.73. The predicted molar refractivity (Wildman–Crippen MR) is 155 cm³/mol. The molecule has 2 heterocycles. The number of aromatic nitrogens is 1. The number of H-pyrrole nitrogens is 1. The summed E-state index contributed by atoms with van der Waals surface area (Å²) in [7, 11) is -3.91. The van der Waals surface area contributed by atoms with E-state index in [-0.39, 0.29) is 27.8 Å². The first-order valence-corrected chi connectivity index (χ1v) is 15.0. The zero-order chi connectivity index (χ0) is 29.2. The van der Waals surface area contributed by atoms with Crippen molar-refractivity contribution in [1.82, 2.24) is 15.2 Å². The molecule has 0 spiro atoms. The van der Waals surface area contributed by atoms with Gasteiger partial charge >= 0.3 is 0 Å². The fraction of sp³-hybridized carbons (Fsp3) is 0.333. The van der Waals surface area contributed by atoms with Crippen LogP contribution in [0, 0.1) is 26.6 Å². The fourth-order valence-electron chi connectivity index (χ4n) is 5.18. The van der Waals surface area contributed by atoms with Crippen LogP contribution in [0.1, 0.15) is 57.8 Å². The molecule has 4 rings (SSSR count). The van der Waals surface area contributed by atoms with Crippen LogP contribution < -0.4 is 10.6 Å². The molecular formula is C30H35FN4O4S. The molecule has 0 saturated heterocycles. The molecule has 0 atom stereocenters. The minimum absolute atomic E-state index is 0.0320. The van der Waals surface area contributed by atoms with Crippen molar-refractivity contribution in [2.45, 2.75) is 45.3 Å². The van der Waals surface area contributed by atoms with Gasteiger partial charge in [0.15, 0.2) is 9.84 Å². The number of aryl methyl sites for hydroxylation is 1. The topological polar surface area (TPSA) is 111 Å². The molecule has 3 aromatic rings. The van der Waals surface area contributed by atoms with Gasteiger partial charge in [0.05, 0.1) is 21.8 Å². The van der Waals surface area contributed by atoms with E-state index in [1.54, 1.807) is 32.1 Å². The number of hydrogen-bond acceptors (Lipinski definition) is 5. The highest BCUT2D eigenvalue weighted by molar-refractivity contribution is 7.90. The Morgan fingerprint density at radius 1 is 1.05 bits per heavy atom. The number of anilines is 1. The maximum atomic E-state index is 14.2. The van der Waals surface area contributed by atoms with Crippen molar-refractivity contribution in [3.8, 4) is 0 Å². The number of amides is 2. The van der Waals surface area contributed by atoms with E-state index in [4.69, 9.17) is 0 Å². The molecule has 3 N–H and O–H groups in total. The molecule has 0 saturated carbocycles. The van der Waals surface area contributed by atoms with Crippen molar-refractivity contribution in [3.05, 3.63) is 81.4 Å². The number of carbonyl (C=O) groups is 2. The lowest BCUT2D eigenvalue weighted by Crippen LogP contribution is -2.35. The summed E-state index contributed by atoms with van der Waals surface area (Å²) in [5, 5.41) is 5.77. The Morgan fingerprint density at radius 2 is 1.75 bits per heavy atom. The van der Waals surface area contributed by atoms with E-state index >= 15 is 0 Å². The van der Waals surface area contributed by atoms with Crippen LogP contribution >= 0.6 is 0 Å². The zero-order valence-corrected chi connectivity index (χ0v) is 24.3. The summed E-state index contributed by atoms with van der Waals surface area (Å²) >= 11 is 0. The molecule has 2 aromatic carbocycles. The molecule has 0 aliphatic carbocycles. The van der Waals surface area contributed by atoms with Crippen LogP contribution in [-0.4, -0.2) is 56.3 Å². The quantitative estimate of drug-likeness (QED) is 0.310. The average Bonchev–Trinajstić information content (AvgIpc) is 3.37. The highest BCUT2D eigenvalue weighted by Crippen LogP contribution is 2.39. The number of nitrogens with zero attached hydrogens (tertiary/aromatic N) is 1. The third-order valence-electron chi connectivity index (χ3n) is 7.42. The number of aromatic amines is 1. The number of fused-ring (bicyclic) bond motifs is 1. The number of hydrogen-bond donors (Lipinski definition) is 3. The van der Waals surface area contributed by atoms with Gasteiger partial charge in [0, 0.05) is 41.3 Å². The molecule has 1 aromatic heterocycles. The van der Waals surface area contributed by atoms with Crippen molar-refractivity contribution in [3.63, 3.8) is 0 Å². The van der Waals surface area contributed by atoms with Gasteiger partial charge in [-0.3, -0.25) is 9.59 Å². The minimum Gasteiger partial charge on any atom is -0.358 e. The van der Waals surface area contributed by atoms with E-state index in [1.807, 2.05) is 6.92 Å². The maximum Gasteiger partial charge on any atom is 0.256 e. The van der Waals surface area contributed by atoms with Gasteiger partial charge in [0.1, 0.15) is 5.82 Å². The Kier molecular flexibility index (Phi) is 8.60. The van der Waals surface area contributed by atoms with Crippen molar-refractivity contribution < 1.29 is 22.4 Å². The van der Waals surface area contributed by atoms with E-state index < -0.39 is 21.4 Å². The lowest BCUT2D eigenvalue weighted by molar-refractivity contribution is -0.110. The van der Waals surface area contributed by atoms with E-state index in [1.165, 1.54) is 24.3 Å². The summed E-state index contributed by atoms with van der Waals surface area (Å²) in [6, 6.07) is 8.76. The molecule has 1 aliphatic rings. The summed E-state index contributed by atoms with van der Waals surface area (Å²) in [6.07, 6.45) is 1.65. The summed E-state index contributed by atoms with van der Waals surface area (Å²) in [5.41, 5.74) is 4.18. The number of sulfone groups is 1. The van der Waals surface area contributed by atoms with Crippen LogP contribution in [0.5, 0.6) is 0 Å². The van der Waals surface area contributed by atoms with Crippen LogP contribution in [0.15, 0.2) is 41.3 Å². The zero-order valence-electron chi connectivity index (χ0n) is 23.4. The summed E-state index contributed by atoms with van der Waals surface area (Å²) < 4.78 is 40.9. The first kappa shape index (κ1) is 29.2. The minimum atomic E-state index is -3.91. The van der Waals surface area contributed by atoms with E-state index in [0.717, 1.165) is 19.6 Å². The number of carbonyl (C=O) groups excluding carboxylic acids is 2. The first-order valence-electron chi connectivity index (χ1n) is 13.3. The molecule has 212 valence electrons. The number of rotatable bonds is 10. The van der Waals surface area contributed by atoms with Gasteiger partial charge in [-0.25, -0.2) is 12.8 Å². The van der Waals surface area contributed by atoms with Gasteiger partial charge < -0.3 is 20.5 Å². The van der Waals surface area contributed by atoms with Crippen molar-refractivity contribution in [2.75, 3.05) is 31.5 Å². The highest BCUT2D eigenvalue weighted by Gasteiger charge is 2.31. The molecule has 40 heavy (non-hydrogen) atoms. The molecule has 2 amide bonds. The van der Waals surface area contributed by atoms with Gasteiger partial charge in [0.25, 0.3) is 11.8 Å². The Hall–Kier alpha value is -3.76. The van der Waals surface area contributed by atoms with Crippen LogP contribution in [-0.2, 0) is 20.4 Å². The van der Waals surface area contributed by atoms with Crippen LogP contribution in [0.4, 0.5) is 10.1 Å². The molecule has 8 nitrogen and oxygen atoms in total. The van der Waals surface area contributed by atoms with Gasteiger partial charge in [0.2, 0.25) is 0 Å². The molecule has 0 bridgehead atoms. The second-order valence-electron chi connectivity index (χ2n) is 9.92. The number of benzene rings is 2. The van der Waals surface area contributed by atoms with Crippen LogP contribution in [0.3, 0.4) is 0 Å². The Balaban J connectivity index is 1.66. The SMILES string of the molecule is CCN(CC)CCNC(=O)c1c(C)[nH]c(/C=C2\C(=O)Nc3ccc(S(=O)(=O)Cc4ccccc4F)c(C)c32)c1C. The molecular weight excluding hydrogens is 531 g/mol. The van der Waals surface area contributed by atoms with Crippen molar-refractivity contribution in [1.29, 1.82) is 0 Å². The third-order valence-corrected chi connectivity index (χ3v) is 9.22. The lowest BCUT2D eigenvalue weighted by atomic mass is 9.99. The largest absolute Gasteiger partial charge is 0.358 e. The normalized spacial score (nSPS) is 14.1. The molecule has 1 aliphatic heterocycles. The Bertz CT molecular complexity index is 1600. The van der Waals surface area contributed by atoms with Crippen molar-refractivity contribution in [2.24, 2.45) is 0 Å². The van der Waals surface area contributed by atoms with Gasteiger partial charge in [-0.1, -0.05) is 32.0 Å². The molecule has 0 radical (unpaired) electrons. The van der Waals surface area contributed by atoms with Crippen molar-refractivity contribution >= 4 is 39.0 Å². The number of likely N-dealkylation sites (N-methyl/N-ethyl adjacent to an activating group) is 1. The Morgan fingerprint density at radius 3 is 2.42 bits per heavy atom. The second kappa shape index (κ2) is 11.8. The van der Waals surface area contributed by atoms with E-state index in [2.05, 4.69) is 34.4 Å². The van der Waals surface area contributed by atoms with Gasteiger partial charge in [-0.05, 0) is 69.3 Å². The van der Waals surface area contributed by atoms with E-state index in [0.29, 0.717) is 45.9 Å². The van der Waals surface area contributed by atoms with Crippen LogP contribution in [0.2, 0.25) is 0 Å². The monoisotopic (exact) mass is 566 g/mol. The van der Waals surface area contributed by atoms with Gasteiger partial charge in [-0.15, -0.1) is 0 Å². The second-order valence-corrected chi connectivity index (χ2v) is 11.9. The summed E-state index contributed by atoms with van der Waals surface area (Å²) in [5.74, 6) is -1.66. The van der Waals surface area contributed by atoms with Crippen LogP contribution in [0.25, 0.3) is 11.6 Å². The first-order chi connectivity index (χ1) is 19.0. The lowest BCUT2D eigenvalue weighted by Gasteiger charge is -2.18. The standard InChI is InChI=1S/C30H35FN4O4S/c1-6-35(7-2)15-14-32-30(37)27-18(3)25(33-20(27)5)16-22-28-19(4)26(13-12-24(28)34-29(22)36)40(38,39)17-21-10-8-9-11-23(21)31/h8-13,16,33H,6-7,14-15,17H2,1-5H3,(H,32,37)(H,34,36)/b22-16-. The van der Waals surface area contributed by atoms with E-state index in [9.17, 15) is 22.4 Å². The molecule has 0 unspecified atom stereocenters. The highest BCUT2D eigenvalue weighted by atomic mass is 32.2. The average molecular weight is 567 g/mol. The summed E-state index contributed by atoms with van der Waals surface area (Å²) in [4.78, 5) is 31.5. The maximum absolute atomic E-state index is 14.2. The Labute approximate surface area is 234 Å². The smallest absolute Gasteiger partial charge is 0.256 e. The molecule has 10 heteroatoms. The summed E-state index contributed by atoms with van der Waals surface area (Å²) in [6.45, 7) is 12.5. The van der Waals surface area contributed by atoms with Gasteiger partial charge in [-0.2, -0.15) is 0 Å². The molecule has 0 fully saturated rings. The fourth-order valence-corrected chi connectivity index (χ4v) is 6.82. The number of halogens is 1.